The first kappa shape index (κ1) is 20.1. The Hall–Kier alpha value is -2.79. The van der Waals surface area contributed by atoms with Crippen molar-refractivity contribution in [1.29, 1.82) is 0 Å². The van der Waals surface area contributed by atoms with Crippen molar-refractivity contribution >= 4 is 22.6 Å². The summed E-state index contributed by atoms with van der Waals surface area (Å²) in [6.07, 6.45) is 6.52. The molecule has 6 rings (SSSR count). The summed E-state index contributed by atoms with van der Waals surface area (Å²) in [7, 11) is 0. The molecular weight excluding hydrogens is 388 g/mol. The summed E-state index contributed by atoms with van der Waals surface area (Å²) in [4.78, 5) is 13.2. The van der Waals surface area contributed by atoms with Gasteiger partial charge in [-0.1, -0.05) is 30.5 Å². The Morgan fingerprint density at radius 2 is 1.81 bits per heavy atom. The maximum Gasteiger partial charge on any atom is 0.259 e. The molecule has 3 N–H and O–H groups in total. The van der Waals surface area contributed by atoms with E-state index in [1.54, 1.807) is 19.1 Å². The lowest BCUT2D eigenvalue weighted by Crippen LogP contribution is -2.44. The first-order valence-electron chi connectivity index (χ1n) is 11.3. The zero-order chi connectivity index (χ0) is 21.5. The van der Waals surface area contributed by atoms with Crippen molar-refractivity contribution in [3.05, 3.63) is 58.8 Å². The van der Waals surface area contributed by atoms with Crippen molar-refractivity contribution in [2.45, 2.75) is 58.5 Å². The van der Waals surface area contributed by atoms with Crippen LogP contribution in [0, 0.1) is 25.7 Å². The predicted molar refractivity (Wildman–Crippen MR) is 122 cm³/mol. The molecule has 3 saturated carbocycles. The number of carbonyl (C=O) groups excluding carboxylic acids is 1. The van der Waals surface area contributed by atoms with Crippen LogP contribution in [0.15, 0.2) is 40.8 Å². The van der Waals surface area contributed by atoms with Crippen molar-refractivity contribution in [3.8, 4) is 5.75 Å². The van der Waals surface area contributed by atoms with E-state index in [0.29, 0.717) is 34.9 Å². The lowest BCUT2D eigenvalue weighted by Gasteiger charge is -2.42. The van der Waals surface area contributed by atoms with Gasteiger partial charge in [0.25, 0.3) is 5.91 Å². The second kappa shape index (κ2) is 8.04. The summed E-state index contributed by atoms with van der Waals surface area (Å²) in [5.41, 5.74) is 3.74. The average molecular weight is 419 g/mol. The van der Waals surface area contributed by atoms with Crippen molar-refractivity contribution in [3.63, 3.8) is 0 Å². The molecule has 1 heterocycles. The van der Waals surface area contributed by atoms with Crippen LogP contribution >= 0.6 is 0 Å². The number of hydrogen-bond acceptors (Lipinski definition) is 4. The van der Waals surface area contributed by atoms with Crippen molar-refractivity contribution in [2.75, 3.05) is 5.32 Å². The third-order valence-corrected chi connectivity index (χ3v) is 7.24. The highest BCUT2D eigenvalue weighted by Gasteiger charge is 2.35. The van der Waals surface area contributed by atoms with Crippen LogP contribution in [-0.2, 0) is 6.54 Å². The second-order valence-corrected chi connectivity index (χ2v) is 9.29. The van der Waals surface area contributed by atoms with Gasteiger partial charge in [0, 0.05) is 29.2 Å². The summed E-state index contributed by atoms with van der Waals surface area (Å²) in [6, 6.07) is 11.6. The zero-order valence-corrected chi connectivity index (χ0v) is 18.2. The molecule has 1 aromatic heterocycles. The average Bonchev–Trinajstić information content (AvgIpc) is 3.11. The lowest BCUT2D eigenvalue weighted by atomic mass is 9.68. The third kappa shape index (κ3) is 3.83. The van der Waals surface area contributed by atoms with Gasteiger partial charge in [0.2, 0.25) is 0 Å². The topological polar surface area (TPSA) is 74.5 Å². The molecule has 5 heteroatoms. The van der Waals surface area contributed by atoms with Crippen LogP contribution in [0.3, 0.4) is 0 Å². The molecule has 162 valence electrons. The maximum atomic E-state index is 13.2. The van der Waals surface area contributed by atoms with Gasteiger partial charge in [-0.15, -0.1) is 0 Å². The molecular formula is C26H30N2O3. The van der Waals surface area contributed by atoms with Gasteiger partial charge in [-0.2, -0.15) is 0 Å². The minimum atomic E-state index is -0.219. The molecule has 5 nitrogen and oxygen atoms in total. The first-order valence-corrected chi connectivity index (χ1v) is 11.3. The van der Waals surface area contributed by atoms with Crippen molar-refractivity contribution < 1.29 is 14.3 Å². The Balaban J connectivity index is 1.44. The van der Waals surface area contributed by atoms with Gasteiger partial charge in [-0.05, 0) is 69.2 Å². The van der Waals surface area contributed by atoms with E-state index in [4.69, 9.17) is 4.42 Å². The standard InChI is InChI=1S/C26H30N2O3/c1-15-3-9-19(10-4-15)28-26(30)24-16(2)31-23-12-11-22(29)20(25(23)24)14-27-21-13-17-5-7-18(21)8-6-17/h3-4,9-12,17-18,21,27,29H,5-8,13-14H2,1-2H3,(H,28,30). The lowest BCUT2D eigenvalue weighted by molar-refractivity contribution is 0.102. The van der Waals surface area contributed by atoms with Gasteiger partial charge in [0.1, 0.15) is 17.1 Å². The van der Waals surface area contributed by atoms with E-state index in [-0.39, 0.29) is 11.7 Å². The Morgan fingerprint density at radius 3 is 2.48 bits per heavy atom. The molecule has 0 radical (unpaired) electrons. The number of fused-ring (bicyclic) bond motifs is 4. The van der Waals surface area contributed by atoms with Crippen LogP contribution in [0.2, 0.25) is 0 Å². The quantitative estimate of drug-likeness (QED) is 0.499. The molecule has 1 amide bonds. The van der Waals surface area contributed by atoms with Crippen molar-refractivity contribution in [2.24, 2.45) is 11.8 Å². The van der Waals surface area contributed by atoms with E-state index in [1.807, 2.05) is 31.2 Å². The highest BCUT2D eigenvalue weighted by Crippen LogP contribution is 2.42. The number of nitrogens with one attached hydrogen (secondary N) is 2. The number of phenols is 1. The molecule has 2 bridgehead atoms. The molecule has 0 saturated heterocycles. The fraction of sp³-hybridized carbons (Fsp3) is 0.423. The van der Waals surface area contributed by atoms with Crippen LogP contribution in [0.25, 0.3) is 11.0 Å². The molecule has 3 fully saturated rings. The molecule has 31 heavy (non-hydrogen) atoms. The molecule has 2 aromatic carbocycles. The first-order chi connectivity index (χ1) is 15.0. The predicted octanol–water partition coefficient (Wildman–Crippen LogP) is 5.68. The molecule has 0 spiro atoms. The fourth-order valence-corrected chi connectivity index (χ4v) is 5.51. The number of carbonyl (C=O) groups is 1. The summed E-state index contributed by atoms with van der Waals surface area (Å²) in [5, 5.41) is 18.1. The molecule has 3 aromatic rings. The van der Waals surface area contributed by atoms with Crippen LogP contribution in [0.1, 0.15) is 59.3 Å². The van der Waals surface area contributed by atoms with E-state index in [0.717, 1.165) is 28.7 Å². The normalized spacial score (nSPS) is 22.7. The Kier molecular flexibility index (Phi) is 5.22. The minimum absolute atomic E-state index is 0.200. The van der Waals surface area contributed by atoms with E-state index in [1.165, 1.54) is 32.1 Å². The number of aromatic hydroxyl groups is 1. The monoisotopic (exact) mass is 418 g/mol. The molecule has 3 aliphatic carbocycles. The highest BCUT2D eigenvalue weighted by molar-refractivity contribution is 6.14. The number of aryl methyl sites for hydroxylation is 2. The van der Waals surface area contributed by atoms with Gasteiger partial charge >= 0.3 is 0 Å². The van der Waals surface area contributed by atoms with Gasteiger partial charge in [-0.3, -0.25) is 4.79 Å². The number of hydrogen-bond donors (Lipinski definition) is 3. The van der Waals surface area contributed by atoms with E-state index in [2.05, 4.69) is 10.6 Å². The van der Waals surface area contributed by atoms with Gasteiger partial charge in [0.15, 0.2) is 0 Å². The van der Waals surface area contributed by atoms with Crippen LogP contribution in [-0.4, -0.2) is 17.1 Å². The Bertz CT molecular complexity index is 1110. The third-order valence-electron chi connectivity index (χ3n) is 7.24. The van der Waals surface area contributed by atoms with E-state index in [9.17, 15) is 9.90 Å². The SMILES string of the molecule is Cc1ccc(NC(=O)c2c(C)oc3ccc(O)c(CNC4CC5CCC4CC5)c23)cc1. The molecule has 3 aliphatic rings. The molecule has 1 atom stereocenters. The zero-order valence-electron chi connectivity index (χ0n) is 18.2. The number of furan rings is 1. The van der Waals surface area contributed by atoms with Crippen LogP contribution in [0.4, 0.5) is 5.69 Å². The van der Waals surface area contributed by atoms with Gasteiger partial charge < -0.3 is 20.2 Å². The summed E-state index contributed by atoms with van der Waals surface area (Å²) in [6.45, 7) is 4.35. The molecule has 0 aliphatic heterocycles. The summed E-state index contributed by atoms with van der Waals surface area (Å²) < 4.78 is 5.91. The number of phenolic OH excluding ortho intramolecular Hbond substituents is 1. The van der Waals surface area contributed by atoms with E-state index >= 15 is 0 Å². The Labute approximate surface area is 182 Å². The summed E-state index contributed by atoms with van der Waals surface area (Å²) >= 11 is 0. The van der Waals surface area contributed by atoms with Crippen molar-refractivity contribution in [1.82, 2.24) is 5.32 Å². The number of amides is 1. The van der Waals surface area contributed by atoms with Gasteiger partial charge in [0.05, 0.1) is 5.56 Å². The number of benzene rings is 2. The summed E-state index contributed by atoms with van der Waals surface area (Å²) in [5.74, 6) is 2.10. The van der Waals surface area contributed by atoms with E-state index < -0.39 is 0 Å². The fourth-order valence-electron chi connectivity index (χ4n) is 5.51. The van der Waals surface area contributed by atoms with Crippen LogP contribution < -0.4 is 10.6 Å². The number of anilines is 1. The smallest absolute Gasteiger partial charge is 0.259 e. The van der Waals surface area contributed by atoms with Crippen LogP contribution in [0.5, 0.6) is 5.75 Å². The number of rotatable bonds is 5. The van der Waals surface area contributed by atoms with Gasteiger partial charge in [-0.25, -0.2) is 0 Å². The minimum Gasteiger partial charge on any atom is -0.508 e. The largest absolute Gasteiger partial charge is 0.508 e. The Morgan fingerprint density at radius 1 is 1.06 bits per heavy atom. The highest BCUT2D eigenvalue weighted by atomic mass is 16.3. The second-order valence-electron chi connectivity index (χ2n) is 9.29. The molecule has 1 unspecified atom stereocenters. The maximum absolute atomic E-state index is 13.2.